The molecule has 0 atom stereocenters. The van der Waals surface area contributed by atoms with Gasteiger partial charge < -0.3 is 5.32 Å². The third-order valence-electron chi connectivity index (χ3n) is 4.35. The van der Waals surface area contributed by atoms with E-state index in [1.165, 1.54) is 18.6 Å². The first kappa shape index (κ1) is 19.6. The summed E-state index contributed by atoms with van der Waals surface area (Å²) < 4.78 is 13.6. The van der Waals surface area contributed by atoms with Gasteiger partial charge in [-0.25, -0.2) is 9.38 Å². The van der Waals surface area contributed by atoms with E-state index < -0.39 is 5.82 Å². The van der Waals surface area contributed by atoms with Gasteiger partial charge in [0.25, 0.3) is 5.91 Å². The van der Waals surface area contributed by atoms with Crippen LogP contribution in [0.5, 0.6) is 0 Å². The molecule has 0 heterocycles. The summed E-state index contributed by atoms with van der Waals surface area (Å²) in [5.41, 5.74) is 0.876. The standard InChI is InChI=1S/C20H20Cl2FN3O/c21-14-8-6-13(7-9-14)19(27)26-20(24-17-4-2-1-3-5-17)25-18-11-15(22)10-16(23)12-18/h6-12,17H,1-5H2,(H2,24,25,26,27). The molecule has 1 fully saturated rings. The third kappa shape index (κ3) is 5.94. The van der Waals surface area contributed by atoms with E-state index in [9.17, 15) is 9.18 Å². The van der Waals surface area contributed by atoms with Crippen LogP contribution in [0.2, 0.25) is 10.0 Å². The van der Waals surface area contributed by atoms with Crippen LogP contribution in [0.25, 0.3) is 0 Å². The average Bonchev–Trinajstić information content (AvgIpc) is 2.62. The van der Waals surface area contributed by atoms with Crippen LogP contribution < -0.4 is 10.6 Å². The zero-order valence-corrected chi connectivity index (χ0v) is 16.2. The summed E-state index contributed by atoms with van der Waals surface area (Å²) in [5.74, 6) is -0.509. The number of aliphatic imine (C=N–C) groups is 1. The molecule has 0 bridgehead atoms. The zero-order chi connectivity index (χ0) is 19.2. The summed E-state index contributed by atoms with van der Waals surface area (Å²) in [6.07, 6.45) is 5.35. The van der Waals surface area contributed by atoms with Crippen LogP contribution in [0.3, 0.4) is 0 Å². The molecule has 0 aromatic heterocycles. The van der Waals surface area contributed by atoms with Crippen LogP contribution in [0.4, 0.5) is 10.1 Å². The van der Waals surface area contributed by atoms with Crippen molar-refractivity contribution in [1.82, 2.24) is 5.32 Å². The van der Waals surface area contributed by atoms with Crippen molar-refractivity contribution < 1.29 is 9.18 Å². The molecule has 0 spiro atoms. The summed E-state index contributed by atoms with van der Waals surface area (Å²) in [4.78, 5) is 17.2. The minimum Gasteiger partial charge on any atom is -0.326 e. The van der Waals surface area contributed by atoms with Gasteiger partial charge in [-0.15, -0.1) is 0 Å². The summed E-state index contributed by atoms with van der Waals surface area (Å²) in [7, 11) is 0. The van der Waals surface area contributed by atoms with E-state index in [-0.39, 0.29) is 22.9 Å². The smallest absolute Gasteiger partial charge is 0.257 e. The van der Waals surface area contributed by atoms with E-state index in [0.717, 1.165) is 25.7 Å². The highest BCUT2D eigenvalue weighted by Gasteiger charge is 2.16. The molecule has 2 aromatic rings. The number of anilines is 1. The van der Waals surface area contributed by atoms with Crippen molar-refractivity contribution >= 4 is 40.8 Å². The van der Waals surface area contributed by atoms with Crippen molar-refractivity contribution in [3.8, 4) is 0 Å². The molecule has 4 nitrogen and oxygen atoms in total. The molecule has 1 saturated carbocycles. The number of hydrogen-bond donors (Lipinski definition) is 2. The molecule has 0 radical (unpaired) electrons. The number of halogens is 3. The van der Waals surface area contributed by atoms with Gasteiger partial charge in [0.15, 0.2) is 0 Å². The van der Waals surface area contributed by atoms with Crippen molar-refractivity contribution in [1.29, 1.82) is 0 Å². The number of guanidine groups is 1. The van der Waals surface area contributed by atoms with E-state index in [0.29, 0.717) is 16.3 Å². The predicted octanol–water partition coefficient (Wildman–Crippen LogP) is 5.66. The Morgan fingerprint density at radius 1 is 1.00 bits per heavy atom. The van der Waals surface area contributed by atoms with E-state index in [1.807, 2.05) is 0 Å². The summed E-state index contributed by atoms with van der Waals surface area (Å²) in [5, 5.41) is 6.58. The minimum absolute atomic E-state index is 0.121. The first-order chi connectivity index (χ1) is 13.0. The molecule has 1 amide bonds. The molecule has 0 unspecified atom stereocenters. The fourth-order valence-electron chi connectivity index (χ4n) is 3.03. The number of hydrogen-bond acceptors (Lipinski definition) is 2. The number of nitrogens with one attached hydrogen (secondary N) is 2. The van der Waals surface area contributed by atoms with Gasteiger partial charge in [-0.2, -0.15) is 0 Å². The maximum Gasteiger partial charge on any atom is 0.257 e. The molecule has 7 heteroatoms. The van der Waals surface area contributed by atoms with Gasteiger partial charge in [-0.1, -0.05) is 42.5 Å². The molecule has 0 saturated heterocycles. The van der Waals surface area contributed by atoms with Crippen LogP contribution in [0.1, 0.15) is 42.5 Å². The van der Waals surface area contributed by atoms with Gasteiger partial charge in [-0.05, 0) is 55.3 Å². The highest BCUT2D eigenvalue weighted by atomic mass is 35.5. The summed E-state index contributed by atoms with van der Waals surface area (Å²) >= 11 is 11.8. The van der Waals surface area contributed by atoms with E-state index >= 15 is 0 Å². The Kier molecular flexibility index (Phi) is 6.69. The second-order valence-electron chi connectivity index (χ2n) is 6.51. The molecule has 2 N–H and O–H groups in total. The van der Waals surface area contributed by atoms with Gasteiger partial charge in [0.1, 0.15) is 5.82 Å². The third-order valence-corrected chi connectivity index (χ3v) is 4.82. The van der Waals surface area contributed by atoms with Gasteiger partial charge in [0, 0.05) is 21.3 Å². The second-order valence-corrected chi connectivity index (χ2v) is 7.39. The van der Waals surface area contributed by atoms with Gasteiger partial charge in [0.2, 0.25) is 5.96 Å². The lowest BCUT2D eigenvalue weighted by Gasteiger charge is -2.20. The topological polar surface area (TPSA) is 53.5 Å². The van der Waals surface area contributed by atoms with E-state index in [4.69, 9.17) is 23.2 Å². The Morgan fingerprint density at radius 3 is 2.37 bits per heavy atom. The number of carbonyl (C=O) groups is 1. The van der Waals surface area contributed by atoms with Crippen molar-refractivity contribution in [3.63, 3.8) is 0 Å². The van der Waals surface area contributed by atoms with Crippen LogP contribution >= 0.6 is 23.2 Å². The number of benzene rings is 2. The van der Waals surface area contributed by atoms with Crippen molar-refractivity contribution in [2.75, 3.05) is 5.32 Å². The van der Waals surface area contributed by atoms with Crippen molar-refractivity contribution in [2.45, 2.75) is 38.1 Å². The molecule has 142 valence electrons. The largest absolute Gasteiger partial charge is 0.326 e. The van der Waals surface area contributed by atoms with Crippen LogP contribution in [-0.4, -0.2) is 17.9 Å². The highest BCUT2D eigenvalue weighted by molar-refractivity contribution is 6.31. The SMILES string of the molecule is O=C(NC(=NC1CCCCC1)Nc1cc(F)cc(Cl)c1)c1ccc(Cl)cc1. The lowest BCUT2D eigenvalue weighted by atomic mass is 9.96. The number of rotatable bonds is 3. The van der Waals surface area contributed by atoms with Crippen molar-refractivity contribution in [3.05, 3.63) is 63.9 Å². The molecular formula is C20H20Cl2FN3O. The maximum absolute atomic E-state index is 13.6. The second kappa shape index (κ2) is 9.20. The van der Waals surface area contributed by atoms with E-state index in [1.54, 1.807) is 30.3 Å². The Morgan fingerprint density at radius 2 is 1.70 bits per heavy atom. The Bertz CT molecular complexity index is 813. The zero-order valence-electron chi connectivity index (χ0n) is 14.6. The van der Waals surface area contributed by atoms with E-state index in [2.05, 4.69) is 15.6 Å². The normalized spacial score (nSPS) is 15.4. The lowest BCUT2D eigenvalue weighted by Crippen LogP contribution is -2.37. The average molecular weight is 408 g/mol. The first-order valence-corrected chi connectivity index (χ1v) is 9.63. The number of amides is 1. The van der Waals surface area contributed by atoms with Crippen LogP contribution in [0, 0.1) is 5.82 Å². The maximum atomic E-state index is 13.6. The molecule has 1 aliphatic carbocycles. The fraction of sp³-hybridized carbons (Fsp3) is 0.300. The first-order valence-electron chi connectivity index (χ1n) is 8.87. The van der Waals surface area contributed by atoms with Crippen molar-refractivity contribution in [2.24, 2.45) is 4.99 Å². The minimum atomic E-state index is -0.467. The van der Waals surface area contributed by atoms with Crippen LogP contribution in [-0.2, 0) is 0 Å². The van der Waals surface area contributed by atoms with Gasteiger partial charge in [0.05, 0.1) is 6.04 Å². The summed E-state index contributed by atoms with van der Waals surface area (Å²) in [6.45, 7) is 0. The molecular weight excluding hydrogens is 388 g/mol. The Labute approximate surface area is 167 Å². The fourth-order valence-corrected chi connectivity index (χ4v) is 3.38. The predicted molar refractivity (Wildman–Crippen MR) is 108 cm³/mol. The van der Waals surface area contributed by atoms with Gasteiger partial charge in [-0.3, -0.25) is 10.1 Å². The molecule has 0 aliphatic heterocycles. The lowest BCUT2D eigenvalue weighted by molar-refractivity contribution is 0.0977. The summed E-state index contributed by atoms with van der Waals surface area (Å²) in [6, 6.07) is 10.8. The quantitative estimate of drug-likeness (QED) is 0.509. The van der Waals surface area contributed by atoms with Crippen LogP contribution in [0.15, 0.2) is 47.5 Å². The highest BCUT2D eigenvalue weighted by Crippen LogP contribution is 2.22. The number of nitrogens with zero attached hydrogens (tertiary/aromatic N) is 1. The molecule has 3 rings (SSSR count). The van der Waals surface area contributed by atoms with Gasteiger partial charge >= 0.3 is 0 Å². The molecule has 1 aliphatic rings. The molecule has 2 aromatic carbocycles. The number of carbonyl (C=O) groups excluding carboxylic acids is 1. The monoisotopic (exact) mass is 407 g/mol. The Hall–Kier alpha value is -2.11. The Balaban J connectivity index is 1.81. The molecule has 27 heavy (non-hydrogen) atoms.